The van der Waals surface area contributed by atoms with Crippen molar-refractivity contribution >= 4 is 5.97 Å². The minimum Gasteiger partial charge on any atom is -0.491 e. The van der Waals surface area contributed by atoms with E-state index >= 15 is 0 Å². The molecule has 0 fully saturated rings. The van der Waals surface area contributed by atoms with E-state index in [2.05, 4.69) is 58.0 Å². The molecule has 3 nitrogen and oxygen atoms in total. The molecule has 0 aromatic heterocycles. The largest absolute Gasteiger partial charge is 0.491 e. The highest BCUT2D eigenvalue weighted by molar-refractivity contribution is 5.78. The third kappa shape index (κ3) is 5.44. The summed E-state index contributed by atoms with van der Waals surface area (Å²) in [6.07, 6.45) is 1.92. The summed E-state index contributed by atoms with van der Waals surface area (Å²) in [7, 11) is 0. The standard InChI is InChI=1S/C27H38O3/c1-10-15-26(6,7)25(28)30-24-14-12-22(17-20(24)5)27(8,9)21-11-13-23(19(4)16-21)29-18(2)3/h11-14,16-18H,10,15H2,1-9H3. The summed E-state index contributed by atoms with van der Waals surface area (Å²) in [5.74, 6) is 1.40. The van der Waals surface area contributed by atoms with Crippen molar-refractivity contribution in [3.05, 3.63) is 58.7 Å². The van der Waals surface area contributed by atoms with Gasteiger partial charge in [-0.2, -0.15) is 0 Å². The molecule has 2 aromatic rings. The quantitative estimate of drug-likeness (QED) is 0.342. The van der Waals surface area contributed by atoms with Crippen LogP contribution in [0.15, 0.2) is 36.4 Å². The van der Waals surface area contributed by atoms with Crippen LogP contribution in [0.5, 0.6) is 11.5 Å². The molecule has 0 unspecified atom stereocenters. The highest BCUT2D eigenvalue weighted by atomic mass is 16.5. The lowest BCUT2D eigenvalue weighted by Crippen LogP contribution is -2.29. The smallest absolute Gasteiger partial charge is 0.316 e. The van der Waals surface area contributed by atoms with Gasteiger partial charge in [0.2, 0.25) is 0 Å². The number of esters is 1. The Hall–Kier alpha value is -2.29. The Labute approximate surface area is 182 Å². The van der Waals surface area contributed by atoms with E-state index < -0.39 is 5.41 Å². The molecule has 2 rings (SSSR count). The van der Waals surface area contributed by atoms with Crippen molar-refractivity contribution in [1.29, 1.82) is 0 Å². The molecule has 0 saturated heterocycles. The topological polar surface area (TPSA) is 35.5 Å². The number of carbonyl (C=O) groups is 1. The maximum absolute atomic E-state index is 12.6. The predicted octanol–water partition coefficient (Wildman–Crippen LogP) is 7.15. The van der Waals surface area contributed by atoms with Crippen LogP contribution in [0.25, 0.3) is 0 Å². The van der Waals surface area contributed by atoms with Gasteiger partial charge >= 0.3 is 5.97 Å². The van der Waals surface area contributed by atoms with Gasteiger partial charge in [-0.05, 0) is 82.3 Å². The maximum atomic E-state index is 12.6. The van der Waals surface area contributed by atoms with E-state index in [4.69, 9.17) is 9.47 Å². The Morgan fingerprint density at radius 3 is 1.83 bits per heavy atom. The summed E-state index contributed by atoms with van der Waals surface area (Å²) < 4.78 is 11.6. The van der Waals surface area contributed by atoms with Crippen LogP contribution in [0, 0.1) is 19.3 Å². The second-order valence-electron chi connectivity index (χ2n) is 9.78. The molecule has 0 spiro atoms. The van der Waals surface area contributed by atoms with E-state index in [-0.39, 0.29) is 17.5 Å². The van der Waals surface area contributed by atoms with Crippen LogP contribution in [0.4, 0.5) is 0 Å². The fourth-order valence-electron chi connectivity index (χ4n) is 3.71. The van der Waals surface area contributed by atoms with Crippen molar-refractivity contribution in [1.82, 2.24) is 0 Å². The second-order valence-corrected chi connectivity index (χ2v) is 9.78. The van der Waals surface area contributed by atoms with Gasteiger partial charge in [-0.3, -0.25) is 4.79 Å². The normalized spacial score (nSPS) is 12.2. The van der Waals surface area contributed by atoms with Gasteiger partial charge in [0.1, 0.15) is 11.5 Å². The molecule has 0 N–H and O–H groups in total. The van der Waals surface area contributed by atoms with Crippen molar-refractivity contribution in [2.75, 3.05) is 0 Å². The van der Waals surface area contributed by atoms with Gasteiger partial charge in [0.25, 0.3) is 0 Å². The number of rotatable bonds is 8. The van der Waals surface area contributed by atoms with Crippen LogP contribution < -0.4 is 9.47 Å². The lowest BCUT2D eigenvalue weighted by Gasteiger charge is -2.28. The average molecular weight is 411 g/mol. The zero-order valence-electron chi connectivity index (χ0n) is 20.2. The lowest BCUT2D eigenvalue weighted by molar-refractivity contribution is -0.144. The number of carbonyl (C=O) groups excluding carboxylic acids is 1. The average Bonchev–Trinajstić information content (AvgIpc) is 2.64. The second kappa shape index (κ2) is 9.24. The Bertz CT molecular complexity index is 891. The summed E-state index contributed by atoms with van der Waals surface area (Å²) in [5.41, 5.74) is 3.85. The molecule has 0 amide bonds. The van der Waals surface area contributed by atoms with Crippen LogP contribution >= 0.6 is 0 Å². The first-order valence-corrected chi connectivity index (χ1v) is 11.0. The van der Waals surface area contributed by atoms with Crippen molar-refractivity contribution in [3.8, 4) is 11.5 Å². The summed E-state index contributed by atoms with van der Waals surface area (Å²) in [4.78, 5) is 12.6. The van der Waals surface area contributed by atoms with Crippen molar-refractivity contribution in [3.63, 3.8) is 0 Å². The third-order valence-corrected chi connectivity index (χ3v) is 5.79. The van der Waals surface area contributed by atoms with E-state index in [0.717, 1.165) is 29.7 Å². The lowest BCUT2D eigenvalue weighted by atomic mass is 9.77. The summed E-state index contributed by atoms with van der Waals surface area (Å²) >= 11 is 0. The molecule has 0 aliphatic heterocycles. The van der Waals surface area contributed by atoms with E-state index in [1.807, 2.05) is 40.7 Å². The van der Waals surface area contributed by atoms with Crippen LogP contribution in [-0.2, 0) is 10.2 Å². The molecular weight excluding hydrogens is 372 g/mol. The Kier molecular flexibility index (Phi) is 7.39. The number of benzene rings is 2. The summed E-state index contributed by atoms with van der Waals surface area (Å²) in [5, 5.41) is 0. The first-order chi connectivity index (χ1) is 13.9. The summed E-state index contributed by atoms with van der Waals surface area (Å²) in [6, 6.07) is 12.5. The molecule has 0 bridgehead atoms. The Morgan fingerprint density at radius 2 is 1.40 bits per heavy atom. The van der Waals surface area contributed by atoms with Crippen molar-refractivity contribution in [2.45, 2.75) is 86.7 Å². The zero-order chi connectivity index (χ0) is 22.7. The van der Waals surface area contributed by atoms with Gasteiger partial charge in [-0.15, -0.1) is 0 Å². The molecule has 3 heteroatoms. The summed E-state index contributed by atoms with van der Waals surface area (Å²) in [6.45, 7) is 18.6. The first-order valence-electron chi connectivity index (χ1n) is 11.0. The molecular formula is C27H38O3. The van der Waals surface area contributed by atoms with Gasteiger partial charge in [-0.25, -0.2) is 0 Å². The molecule has 0 saturated carbocycles. The van der Waals surface area contributed by atoms with Crippen molar-refractivity contribution in [2.24, 2.45) is 5.41 Å². The molecule has 0 radical (unpaired) electrons. The molecule has 164 valence electrons. The molecule has 0 heterocycles. The molecule has 0 aliphatic rings. The molecule has 30 heavy (non-hydrogen) atoms. The van der Waals surface area contributed by atoms with E-state index in [1.165, 1.54) is 11.1 Å². The number of aryl methyl sites for hydroxylation is 2. The maximum Gasteiger partial charge on any atom is 0.316 e. The van der Waals surface area contributed by atoms with Gasteiger partial charge in [0, 0.05) is 5.41 Å². The highest BCUT2D eigenvalue weighted by Gasteiger charge is 2.30. The fourth-order valence-corrected chi connectivity index (χ4v) is 3.71. The number of hydrogen-bond acceptors (Lipinski definition) is 3. The van der Waals surface area contributed by atoms with Crippen LogP contribution in [0.3, 0.4) is 0 Å². The molecule has 2 aromatic carbocycles. The monoisotopic (exact) mass is 410 g/mol. The van der Waals surface area contributed by atoms with Gasteiger partial charge < -0.3 is 9.47 Å². The third-order valence-electron chi connectivity index (χ3n) is 5.79. The van der Waals surface area contributed by atoms with Crippen LogP contribution in [0.2, 0.25) is 0 Å². The Balaban J connectivity index is 2.28. The number of hydrogen-bond donors (Lipinski definition) is 0. The van der Waals surface area contributed by atoms with Gasteiger partial charge in [0.15, 0.2) is 0 Å². The minimum atomic E-state index is -0.476. The van der Waals surface area contributed by atoms with E-state index in [9.17, 15) is 4.79 Å². The SMILES string of the molecule is CCCC(C)(C)C(=O)Oc1ccc(C(C)(C)c2ccc(OC(C)C)c(C)c2)cc1C. The minimum absolute atomic E-state index is 0.155. The molecule has 0 atom stereocenters. The van der Waals surface area contributed by atoms with Crippen molar-refractivity contribution < 1.29 is 14.3 Å². The predicted molar refractivity (Wildman–Crippen MR) is 125 cm³/mol. The van der Waals surface area contributed by atoms with Crippen LogP contribution in [-0.4, -0.2) is 12.1 Å². The molecule has 0 aliphatic carbocycles. The first kappa shape index (κ1) is 24.0. The van der Waals surface area contributed by atoms with Crippen LogP contribution in [0.1, 0.15) is 83.6 Å². The van der Waals surface area contributed by atoms with E-state index in [1.54, 1.807) is 0 Å². The van der Waals surface area contributed by atoms with Gasteiger partial charge in [-0.1, -0.05) is 51.5 Å². The zero-order valence-corrected chi connectivity index (χ0v) is 20.2. The number of ether oxygens (including phenoxy) is 2. The van der Waals surface area contributed by atoms with Gasteiger partial charge in [0.05, 0.1) is 11.5 Å². The fraction of sp³-hybridized carbons (Fsp3) is 0.519. The van der Waals surface area contributed by atoms with E-state index in [0.29, 0.717) is 5.75 Å². The highest BCUT2D eigenvalue weighted by Crippen LogP contribution is 2.36. The Morgan fingerprint density at radius 1 is 0.900 bits per heavy atom.